The molecule has 0 bridgehead atoms. The third kappa shape index (κ3) is 4.44. The molecule has 1 aliphatic rings. The Labute approximate surface area is 152 Å². The van der Waals surface area contributed by atoms with E-state index in [2.05, 4.69) is 15.2 Å². The molecule has 6 heteroatoms. The number of aromatic nitrogens is 1. The molecule has 1 fully saturated rings. The highest BCUT2D eigenvalue weighted by atomic mass is 32.1. The molecule has 1 aliphatic heterocycles. The van der Waals surface area contributed by atoms with Gasteiger partial charge in [-0.25, -0.2) is 9.37 Å². The molecule has 0 aliphatic carbocycles. The highest BCUT2D eigenvalue weighted by Gasteiger charge is 2.24. The minimum Gasteiger partial charge on any atom is -0.349 e. The summed E-state index contributed by atoms with van der Waals surface area (Å²) in [6.45, 7) is 6.30. The van der Waals surface area contributed by atoms with E-state index in [0.29, 0.717) is 11.4 Å². The number of likely N-dealkylation sites (tertiary alicyclic amines) is 1. The number of rotatable bonds is 5. The molecule has 0 saturated carbocycles. The van der Waals surface area contributed by atoms with Crippen molar-refractivity contribution < 1.29 is 9.18 Å². The van der Waals surface area contributed by atoms with Crippen molar-refractivity contribution in [2.45, 2.75) is 39.2 Å². The topological polar surface area (TPSA) is 45.2 Å². The van der Waals surface area contributed by atoms with Gasteiger partial charge in [0.1, 0.15) is 10.7 Å². The van der Waals surface area contributed by atoms with E-state index in [0.717, 1.165) is 29.4 Å². The lowest BCUT2D eigenvalue weighted by Gasteiger charge is -2.35. The average Bonchev–Trinajstić information content (AvgIpc) is 2.96. The fourth-order valence-corrected chi connectivity index (χ4v) is 4.22. The monoisotopic (exact) mass is 361 g/mol. The number of thiazole rings is 1. The van der Waals surface area contributed by atoms with Crippen LogP contribution in [0.3, 0.4) is 0 Å². The maximum Gasteiger partial charge on any atom is 0.263 e. The standard InChI is InChI=1S/C19H24FN3OS/c1-13-18(25-14(2)22-13)19(24)21-12-17(23-10-4-3-5-11-23)15-6-8-16(20)9-7-15/h6-9,17H,3-5,10-12H2,1-2H3,(H,21,24)/t17-/m0/s1. The lowest BCUT2D eigenvalue weighted by Crippen LogP contribution is -2.40. The van der Waals surface area contributed by atoms with Gasteiger partial charge in [0, 0.05) is 6.54 Å². The Morgan fingerprint density at radius 2 is 1.92 bits per heavy atom. The number of halogens is 1. The lowest BCUT2D eigenvalue weighted by molar-refractivity contribution is 0.0927. The van der Waals surface area contributed by atoms with Crippen molar-refractivity contribution in [1.29, 1.82) is 0 Å². The van der Waals surface area contributed by atoms with Crippen molar-refractivity contribution in [3.05, 3.63) is 51.2 Å². The molecule has 4 nitrogen and oxygen atoms in total. The van der Waals surface area contributed by atoms with Gasteiger partial charge in [-0.3, -0.25) is 9.69 Å². The molecular formula is C19H24FN3OS. The first-order valence-corrected chi connectivity index (χ1v) is 9.58. The van der Waals surface area contributed by atoms with E-state index >= 15 is 0 Å². The highest BCUT2D eigenvalue weighted by Crippen LogP contribution is 2.25. The lowest BCUT2D eigenvalue weighted by atomic mass is 10.0. The summed E-state index contributed by atoms with van der Waals surface area (Å²) in [5, 5.41) is 3.96. The Hall–Kier alpha value is -1.79. The molecule has 1 N–H and O–H groups in total. The summed E-state index contributed by atoms with van der Waals surface area (Å²) < 4.78 is 13.3. The fraction of sp³-hybridized carbons (Fsp3) is 0.474. The first-order chi connectivity index (χ1) is 12.0. The molecule has 1 aromatic heterocycles. The van der Waals surface area contributed by atoms with E-state index < -0.39 is 0 Å². The van der Waals surface area contributed by atoms with Crippen molar-refractivity contribution in [1.82, 2.24) is 15.2 Å². The van der Waals surface area contributed by atoms with Crippen molar-refractivity contribution in [2.24, 2.45) is 0 Å². The van der Waals surface area contributed by atoms with Crippen LogP contribution in [0.2, 0.25) is 0 Å². The van der Waals surface area contributed by atoms with Crippen molar-refractivity contribution >= 4 is 17.2 Å². The van der Waals surface area contributed by atoms with E-state index in [-0.39, 0.29) is 17.8 Å². The molecule has 0 spiro atoms. The van der Waals surface area contributed by atoms with Crippen LogP contribution in [-0.4, -0.2) is 35.4 Å². The summed E-state index contributed by atoms with van der Waals surface area (Å²) >= 11 is 1.42. The zero-order valence-corrected chi connectivity index (χ0v) is 15.5. The molecule has 0 unspecified atom stereocenters. The smallest absolute Gasteiger partial charge is 0.263 e. The molecule has 1 atom stereocenters. The number of piperidine rings is 1. The molecule has 3 rings (SSSR count). The molecule has 2 heterocycles. The molecule has 1 aromatic carbocycles. The van der Waals surface area contributed by atoms with Crippen LogP contribution in [0.25, 0.3) is 0 Å². The molecule has 1 amide bonds. The second-order valence-corrected chi connectivity index (χ2v) is 7.72. The van der Waals surface area contributed by atoms with Crippen LogP contribution in [0.15, 0.2) is 24.3 Å². The third-order valence-corrected chi connectivity index (χ3v) is 5.72. The normalized spacial score (nSPS) is 16.6. The van der Waals surface area contributed by atoms with Gasteiger partial charge >= 0.3 is 0 Å². The number of carbonyl (C=O) groups excluding carboxylic acids is 1. The maximum absolute atomic E-state index is 13.3. The molecule has 1 saturated heterocycles. The number of hydrogen-bond donors (Lipinski definition) is 1. The predicted molar refractivity (Wildman–Crippen MR) is 98.5 cm³/mol. The maximum atomic E-state index is 13.3. The Balaban J connectivity index is 1.74. The first-order valence-electron chi connectivity index (χ1n) is 8.76. The Morgan fingerprint density at radius 1 is 1.24 bits per heavy atom. The van der Waals surface area contributed by atoms with Crippen LogP contribution in [0, 0.1) is 19.7 Å². The number of hydrogen-bond acceptors (Lipinski definition) is 4. The largest absolute Gasteiger partial charge is 0.349 e. The second kappa shape index (κ2) is 8.06. The third-order valence-electron chi connectivity index (χ3n) is 4.65. The van der Waals surface area contributed by atoms with E-state index in [9.17, 15) is 9.18 Å². The van der Waals surface area contributed by atoms with Crippen molar-refractivity contribution in [2.75, 3.05) is 19.6 Å². The van der Waals surface area contributed by atoms with Crippen LogP contribution in [0.1, 0.15) is 51.2 Å². The van der Waals surface area contributed by atoms with Crippen LogP contribution in [-0.2, 0) is 0 Å². The summed E-state index contributed by atoms with van der Waals surface area (Å²) in [6, 6.07) is 6.69. The molecule has 25 heavy (non-hydrogen) atoms. The van der Waals surface area contributed by atoms with E-state index in [4.69, 9.17) is 0 Å². The molecule has 0 radical (unpaired) electrons. The van der Waals surface area contributed by atoms with E-state index in [1.807, 2.05) is 26.0 Å². The quantitative estimate of drug-likeness (QED) is 0.880. The summed E-state index contributed by atoms with van der Waals surface area (Å²) in [5.41, 5.74) is 1.82. The molecular weight excluding hydrogens is 337 g/mol. The number of benzene rings is 1. The van der Waals surface area contributed by atoms with E-state index in [1.165, 1.54) is 42.7 Å². The van der Waals surface area contributed by atoms with Gasteiger partial charge in [0.05, 0.1) is 16.7 Å². The van der Waals surface area contributed by atoms with Gasteiger partial charge in [-0.15, -0.1) is 11.3 Å². The highest BCUT2D eigenvalue weighted by molar-refractivity contribution is 7.13. The van der Waals surface area contributed by atoms with E-state index in [1.54, 1.807) is 0 Å². The zero-order valence-electron chi connectivity index (χ0n) is 14.7. The number of amides is 1. The number of nitrogens with zero attached hydrogens (tertiary/aromatic N) is 2. The Kier molecular flexibility index (Phi) is 5.81. The van der Waals surface area contributed by atoms with Gasteiger partial charge in [-0.2, -0.15) is 0 Å². The van der Waals surface area contributed by atoms with Crippen LogP contribution < -0.4 is 5.32 Å². The number of carbonyl (C=O) groups is 1. The van der Waals surface area contributed by atoms with Crippen molar-refractivity contribution in [3.8, 4) is 0 Å². The Morgan fingerprint density at radius 3 is 2.52 bits per heavy atom. The predicted octanol–water partition coefficient (Wildman–Crippen LogP) is 3.86. The summed E-state index contributed by atoms with van der Waals surface area (Å²) in [4.78, 5) is 19.9. The zero-order chi connectivity index (χ0) is 17.8. The van der Waals surface area contributed by atoms with Crippen LogP contribution in [0.5, 0.6) is 0 Å². The summed E-state index contributed by atoms with van der Waals surface area (Å²) in [5.74, 6) is -0.312. The van der Waals surface area contributed by atoms with Gasteiger partial charge in [0.2, 0.25) is 0 Å². The SMILES string of the molecule is Cc1nc(C)c(C(=O)NC[C@@H](c2ccc(F)cc2)N2CCCCC2)s1. The summed E-state index contributed by atoms with van der Waals surface area (Å²) in [7, 11) is 0. The minimum atomic E-state index is -0.235. The van der Waals surface area contributed by atoms with Gasteiger partial charge in [0.15, 0.2) is 0 Å². The molecule has 134 valence electrons. The number of nitrogens with one attached hydrogen (secondary N) is 1. The van der Waals surface area contributed by atoms with Crippen LogP contribution in [0.4, 0.5) is 4.39 Å². The fourth-order valence-electron chi connectivity index (χ4n) is 3.38. The van der Waals surface area contributed by atoms with Crippen molar-refractivity contribution in [3.63, 3.8) is 0 Å². The van der Waals surface area contributed by atoms with Gasteiger partial charge in [-0.1, -0.05) is 18.6 Å². The van der Waals surface area contributed by atoms with Gasteiger partial charge in [0.25, 0.3) is 5.91 Å². The first kappa shape index (κ1) is 18.0. The Bertz CT molecular complexity index is 723. The van der Waals surface area contributed by atoms with Gasteiger partial charge in [-0.05, 0) is 57.5 Å². The average molecular weight is 361 g/mol. The summed E-state index contributed by atoms with van der Waals surface area (Å²) in [6.07, 6.45) is 3.58. The molecule has 2 aromatic rings. The number of aryl methyl sites for hydroxylation is 2. The van der Waals surface area contributed by atoms with Crippen LogP contribution >= 0.6 is 11.3 Å². The second-order valence-electron chi connectivity index (χ2n) is 6.52. The minimum absolute atomic E-state index is 0.0687. The van der Waals surface area contributed by atoms with Gasteiger partial charge < -0.3 is 5.32 Å².